The van der Waals surface area contributed by atoms with Gasteiger partial charge in [0.2, 0.25) is 0 Å². The molecule has 92 valence electrons. The average Bonchev–Trinajstić information content (AvgIpc) is 2.32. The number of carbonyl (C=O) groups excluding carboxylic acids is 1. The van der Waals surface area contributed by atoms with Crippen molar-refractivity contribution in [2.45, 2.75) is 13.8 Å². The molecular formula is C15H12BrClO. The summed E-state index contributed by atoms with van der Waals surface area (Å²) in [6, 6.07) is 11.2. The molecule has 2 rings (SSSR count). The van der Waals surface area contributed by atoms with E-state index in [1.165, 1.54) is 0 Å². The van der Waals surface area contributed by atoms with Crippen LogP contribution in [0.4, 0.5) is 0 Å². The zero-order valence-corrected chi connectivity index (χ0v) is 12.5. The highest BCUT2D eigenvalue weighted by Gasteiger charge is 2.16. The first kappa shape index (κ1) is 13.3. The number of halogens is 2. The quantitative estimate of drug-likeness (QED) is 0.715. The third kappa shape index (κ3) is 2.50. The van der Waals surface area contributed by atoms with Crippen molar-refractivity contribution in [2.24, 2.45) is 0 Å². The van der Waals surface area contributed by atoms with Crippen LogP contribution in [0.15, 0.2) is 40.9 Å². The van der Waals surface area contributed by atoms with Crippen molar-refractivity contribution >= 4 is 33.3 Å². The molecule has 3 heteroatoms. The van der Waals surface area contributed by atoms with E-state index < -0.39 is 0 Å². The van der Waals surface area contributed by atoms with Gasteiger partial charge < -0.3 is 0 Å². The summed E-state index contributed by atoms with van der Waals surface area (Å²) in [5, 5.41) is 0.461. The monoisotopic (exact) mass is 322 g/mol. The first-order valence-corrected chi connectivity index (χ1v) is 6.74. The van der Waals surface area contributed by atoms with E-state index in [-0.39, 0.29) is 5.78 Å². The van der Waals surface area contributed by atoms with E-state index in [1.807, 2.05) is 44.2 Å². The molecule has 0 fully saturated rings. The van der Waals surface area contributed by atoms with Crippen molar-refractivity contribution < 1.29 is 4.79 Å². The lowest BCUT2D eigenvalue weighted by molar-refractivity contribution is 0.103. The maximum absolute atomic E-state index is 12.4. The number of carbonyl (C=O) groups is 1. The molecule has 0 unspecified atom stereocenters. The zero-order valence-electron chi connectivity index (χ0n) is 10.1. The fourth-order valence-corrected chi connectivity index (χ4v) is 2.47. The Morgan fingerprint density at radius 1 is 1.11 bits per heavy atom. The van der Waals surface area contributed by atoms with Gasteiger partial charge in [0.15, 0.2) is 5.78 Å². The minimum Gasteiger partial charge on any atom is -0.289 e. The van der Waals surface area contributed by atoms with Gasteiger partial charge in [0.1, 0.15) is 0 Å². The van der Waals surface area contributed by atoms with Gasteiger partial charge in [0.25, 0.3) is 0 Å². The van der Waals surface area contributed by atoms with Crippen molar-refractivity contribution in [2.75, 3.05) is 0 Å². The Morgan fingerprint density at radius 2 is 1.83 bits per heavy atom. The zero-order chi connectivity index (χ0) is 13.3. The van der Waals surface area contributed by atoms with Crippen molar-refractivity contribution in [3.63, 3.8) is 0 Å². The molecule has 0 spiro atoms. The van der Waals surface area contributed by atoms with Crippen LogP contribution in [-0.4, -0.2) is 5.78 Å². The predicted octanol–water partition coefficient (Wildman–Crippen LogP) is 4.95. The second-order valence-corrected chi connectivity index (χ2v) is 5.48. The highest BCUT2D eigenvalue weighted by molar-refractivity contribution is 9.10. The Bertz CT molecular complexity index is 620. The van der Waals surface area contributed by atoms with E-state index in [0.717, 1.165) is 15.6 Å². The number of benzene rings is 2. The van der Waals surface area contributed by atoms with Gasteiger partial charge in [0.05, 0.1) is 5.02 Å². The minimum absolute atomic E-state index is 0.0428. The van der Waals surface area contributed by atoms with Crippen LogP contribution in [0.25, 0.3) is 0 Å². The number of aryl methyl sites for hydroxylation is 2. The molecule has 0 aromatic heterocycles. The third-order valence-electron chi connectivity index (χ3n) is 2.82. The largest absolute Gasteiger partial charge is 0.289 e. The molecule has 0 amide bonds. The van der Waals surface area contributed by atoms with Crippen LogP contribution >= 0.6 is 27.5 Å². The predicted molar refractivity (Wildman–Crippen MR) is 78.5 cm³/mol. The van der Waals surface area contributed by atoms with Crippen LogP contribution in [0.3, 0.4) is 0 Å². The fraction of sp³-hybridized carbons (Fsp3) is 0.133. The van der Waals surface area contributed by atoms with Crippen LogP contribution in [0, 0.1) is 13.8 Å². The lowest BCUT2D eigenvalue weighted by Gasteiger charge is -2.08. The normalized spacial score (nSPS) is 10.4. The lowest BCUT2D eigenvalue weighted by Crippen LogP contribution is -2.04. The van der Waals surface area contributed by atoms with Crippen LogP contribution in [0.5, 0.6) is 0 Å². The highest BCUT2D eigenvalue weighted by atomic mass is 79.9. The van der Waals surface area contributed by atoms with E-state index in [9.17, 15) is 4.79 Å². The molecule has 0 aliphatic carbocycles. The molecule has 0 heterocycles. The van der Waals surface area contributed by atoms with Gasteiger partial charge in [-0.3, -0.25) is 4.79 Å². The summed E-state index contributed by atoms with van der Waals surface area (Å²) in [6.45, 7) is 3.94. The maximum atomic E-state index is 12.4. The molecule has 1 nitrogen and oxygen atoms in total. The van der Waals surface area contributed by atoms with Gasteiger partial charge in [-0.15, -0.1) is 0 Å². The fourth-order valence-electron chi connectivity index (χ4n) is 1.89. The smallest absolute Gasteiger partial charge is 0.194 e. The van der Waals surface area contributed by atoms with Crippen LogP contribution < -0.4 is 0 Å². The van der Waals surface area contributed by atoms with Crippen LogP contribution in [0.2, 0.25) is 5.02 Å². The van der Waals surface area contributed by atoms with Gasteiger partial charge in [-0.25, -0.2) is 0 Å². The summed E-state index contributed by atoms with van der Waals surface area (Å²) in [7, 11) is 0. The van der Waals surface area contributed by atoms with Gasteiger partial charge in [0, 0.05) is 15.6 Å². The Labute approximate surface area is 120 Å². The lowest BCUT2D eigenvalue weighted by atomic mass is 9.97. The molecule has 0 aliphatic heterocycles. The van der Waals surface area contributed by atoms with Crippen LogP contribution in [-0.2, 0) is 0 Å². The first-order valence-electron chi connectivity index (χ1n) is 5.56. The maximum Gasteiger partial charge on any atom is 0.194 e. The minimum atomic E-state index is -0.0428. The van der Waals surface area contributed by atoms with Crippen molar-refractivity contribution in [1.82, 2.24) is 0 Å². The van der Waals surface area contributed by atoms with Crippen molar-refractivity contribution in [3.8, 4) is 0 Å². The van der Waals surface area contributed by atoms with E-state index in [4.69, 9.17) is 11.6 Å². The van der Waals surface area contributed by atoms with E-state index in [2.05, 4.69) is 15.9 Å². The second kappa shape index (κ2) is 5.25. The Hall–Kier alpha value is -1.12. The molecule has 0 N–H and O–H groups in total. The van der Waals surface area contributed by atoms with E-state index >= 15 is 0 Å². The summed E-state index contributed by atoms with van der Waals surface area (Å²) in [4.78, 5) is 12.4. The summed E-state index contributed by atoms with van der Waals surface area (Å²) in [5.41, 5.74) is 3.33. The molecule has 0 bridgehead atoms. The van der Waals surface area contributed by atoms with Gasteiger partial charge in [-0.1, -0.05) is 41.4 Å². The SMILES string of the molecule is Cc1ccc(C(=O)c2cccc(Br)c2Cl)c(C)c1. The number of rotatable bonds is 2. The third-order valence-corrected chi connectivity index (χ3v) is 4.12. The molecule has 0 saturated carbocycles. The second-order valence-electron chi connectivity index (χ2n) is 4.25. The molecule has 0 radical (unpaired) electrons. The van der Waals surface area contributed by atoms with Crippen molar-refractivity contribution in [3.05, 3.63) is 68.1 Å². The Balaban J connectivity index is 2.51. The number of hydrogen-bond donors (Lipinski definition) is 0. The molecule has 18 heavy (non-hydrogen) atoms. The van der Waals surface area contributed by atoms with E-state index in [0.29, 0.717) is 16.1 Å². The van der Waals surface area contributed by atoms with Gasteiger partial charge in [-0.2, -0.15) is 0 Å². The highest BCUT2D eigenvalue weighted by Crippen LogP contribution is 2.28. The van der Waals surface area contributed by atoms with Gasteiger partial charge in [-0.05, 0) is 47.5 Å². The number of ketones is 1. The molecule has 0 atom stereocenters. The Kier molecular flexibility index (Phi) is 3.88. The molecular weight excluding hydrogens is 312 g/mol. The van der Waals surface area contributed by atoms with Crippen molar-refractivity contribution in [1.29, 1.82) is 0 Å². The standard InChI is InChI=1S/C15H12BrClO/c1-9-6-7-11(10(2)8-9)15(18)12-4-3-5-13(16)14(12)17/h3-8H,1-2H3. The molecule has 0 aliphatic rings. The van der Waals surface area contributed by atoms with E-state index in [1.54, 1.807) is 6.07 Å². The first-order chi connectivity index (χ1) is 8.50. The summed E-state index contributed by atoms with van der Waals surface area (Å²) in [5.74, 6) is -0.0428. The Morgan fingerprint density at radius 3 is 2.50 bits per heavy atom. The topological polar surface area (TPSA) is 17.1 Å². The molecule has 0 saturated heterocycles. The summed E-state index contributed by atoms with van der Waals surface area (Å²) in [6.07, 6.45) is 0. The summed E-state index contributed by atoms with van der Waals surface area (Å²) >= 11 is 9.49. The summed E-state index contributed by atoms with van der Waals surface area (Å²) < 4.78 is 0.736. The average molecular weight is 324 g/mol. The van der Waals surface area contributed by atoms with Gasteiger partial charge >= 0.3 is 0 Å². The molecule has 2 aromatic carbocycles. The molecule has 2 aromatic rings. The van der Waals surface area contributed by atoms with Crippen LogP contribution in [0.1, 0.15) is 27.0 Å². The number of hydrogen-bond acceptors (Lipinski definition) is 1.